The third-order valence-corrected chi connectivity index (χ3v) is 4.88. The molecule has 1 aromatic rings. The zero-order chi connectivity index (χ0) is 17.5. The molecule has 0 spiro atoms. The van der Waals surface area contributed by atoms with Crippen LogP contribution in [0, 0.1) is 12.7 Å². The second-order valence-electron chi connectivity index (χ2n) is 4.68. The van der Waals surface area contributed by atoms with Crippen molar-refractivity contribution in [2.24, 2.45) is 0 Å². The number of ether oxygens (including phenoxy) is 1. The summed E-state index contributed by atoms with van der Waals surface area (Å²) in [7, 11) is -3.38. The van der Waals surface area contributed by atoms with Gasteiger partial charge in [-0.2, -0.15) is 0 Å². The maximum Gasteiger partial charge on any atom is 0.331 e. The fraction of sp³-hybridized carbons (Fsp3) is 0.467. The molecule has 0 radical (unpaired) electrons. The van der Waals surface area contributed by atoms with Crippen molar-refractivity contribution in [1.82, 2.24) is 0 Å². The van der Waals surface area contributed by atoms with E-state index >= 15 is 0 Å². The number of aryl methyl sites for hydroxylation is 1. The number of carbonyl (C=O) groups excluding carboxylic acids is 2. The molecule has 6 nitrogen and oxygen atoms in total. The maximum absolute atomic E-state index is 13.8. The first-order chi connectivity index (χ1) is 10.8. The van der Waals surface area contributed by atoms with Gasteiger partial charge in [0.15, 0.2) is 17.9 Å². The molecule has 0 N–H and O–H groups in total. The molecule has 128 valence electrons. The number of halogens is 1. The normalized spacial score (nSPS) is 11.3. The molecule has 1 aromatic carbocycles. The zero-order valence-electron chi connectivity index (χ0n) is 13.3. The number of aldehydes is 1. The summed E-state index contributed by atoms with van der Waals surface area (Å²) in [6, 6.07) is 2.56. The predicted molar refractivity (Wildman–Crippen MR) is 82.5 cm³/mol. The van der Waals surface area contributed by atoms with Crippen LogP contribution in [0.25, 0.3) is 0 Å². The summed E-state index contributed by atoms with van der Waals surface area (Å²) in [5, 5.41) is 0. The SMILES string of the molecule is CCOP(=O)(CCC(=O)Oc1c(F)cc(C)cc1C=O)OCC. The van der Waals surface area contributed by atoms with Crippen molar-refractivity contribution in [2.45, 2.75) is 27.2 Å². The van der Waals surface area contributed by atoms with Crippen LogP contribution in [-0.4, -0.2) is 31.6 Å². The fourth-order valence-corrected chi connectivity index (χ4v) is 3.48. The molecule has 23 heavy (non-hydrogen) atoms. The Hall–Kier alpha value is -1.56. The molecular formula is C15H20FO6P. The van der Waals surface area contributed by atoms with E-state index in [1.807, 2.05) is 0 Å². The van der Waals surface area contributed by atoms with Gasteiger partial charge in [-0.15, -0.1) is 0 Å². The Morgan fingerprint density at radius 1 is 1.26 bits per heavy atom. The third kappa shape index (κ3) is 5.86. The van der Waals surface area contributed by atoms with Crippen molar-refractivity contribution in [3.8, 4) is 5.75 Å². The lowest BCUT2D eigenvalue weighted by Crippen LogP contribution is -2.13. The van der Waals surface area contributed by atoms with Gasteiger partial charge < -0.3 is 13.8 Å². The molecule has 0 fully saturated rings. The van der Waals surface area contributed by atoms with Crippen LogP contribution in [0.3, 0.4) is 0 Å². The Morgan fingerprint density at radius 2 is 1.87 bits per heavy atom. The van der Waals surface area contributed by atoms with E-state index in [2.05, 4.69) is 0 Å². The molecule has 1 rings (SSSR count). The van der Waals surface area contributed by atoms with E-state index in [4.69, 9.17) is 13.8 Å². The molecule has 0 heterocycles. The molecule has 0 amide bonds. The number of hydrogen-bond donors (Lipinski definition) is 0. The van der Waals surface area contributed by atoms with E-state index in [0.29, 0.717) is 11.8 Å². The molecular weight excluding hydrogens is 326 g/mol. The lowest BCUT2D eigenvalue weighted by Gasteiger charge is -2.16. The quantitative estimate of drug-likeness (QED) is 0.295. The highest BCUT2D eigenvalue weighted by Crippen LogP contribution is 2.48. The summed E-state index contributed by atoms with van der Waals surface area (Å²) in [6.45, 7) is 5.27. The highest BCUT2D eigenvalue weighted by molar-refractivity contribution is 7.53. The highest BCUT2D eigenvalue weighted by Gasteiger charge is 2.26. The number of rotatable bonds is 9. The summed E-state index contributed by atoms with van der Waals surface area (Å²) in [4.78, 5) is 22.8. The minimum absolute atomic E-state index is 0.0614. The maximum atomic E-state index is 13.8. The van der Waals surface area contributed by atoms with Crippen LogP contribution in [0.2, 0.25) is 0 Å². The van der Waals surface area contributed by atoms with Crippen LogP contribution in [0.5, 0.6) is 5.75 Å². The molecule has 0 aromatic heterocycles. The van der Waals surface area contributed by atoms with Crippen molar-refractivity contribution >= 4 is 19.9 Å². The van der Waals surface area contributed by atoms with Crippen molar-refractivity contribution < 1.29 is 32.3 Å². The molecule has 0 atom stereocenters. The van der Waals surface area contributed by atoms with E-state index in [0.717, 1.165) is 6.07 Å². The Kier molecular flexibility index (Phi) is 7.55. The van der Waals surface area contributed by atoms with Crippen LogP contribution in [0.1, 0.15) is 36.2 Å². The van der Waals surface area contributed by atoms with Crippen LogP contribution in [0.15, 0.2) is 12.1 Å². The number of hydrogen-bond acceptors (Lipinski definition) is 6. The second kappa shape index (κ2) is 8.91. The average molecular weight is 346 g/mol. The van der Waals surface area contributed by atoms with Crippen molar-refractivity contribution in [3.05, 3.63) is 29.1 Å². The Bertz CT molecular complexity index is 606. The van der Waals surface area contributed by atoms with Crippen LogP contribution < -0.4 is 4.74 Å². The monoisotopic (exact) mass is 346 g/mol. The van der Waals surface area contributed by atoms with Gasteiger partial charge in [0.2, 0.25) is 0 Å². The lowest BCUT2D eigenvalue weighted by atomic mass is 10.1. The van der Waals surface area contributed by atoms with E-state index in [-0.39, 0.29) is 31.4 Å². The largest absolute Gasteiger partial charge is 0.423 e. The van der Waals surface area contributed by atoms with Crippen molar-refractivity contribution in [1.29, 1.82) is 0 Å². The van der Waals surface area contributed by atoms with Gasteiger partial charge in [0, 0.05) is 0 Å². The fourth-order valence-electron chi connectivity index (χ4n) is 1.90. The van der Waals surface area contributed by atoms with E-state index < -0.39 is 25.1 Å². The van der Waals surface area contributed by atoms with Gasteiger partial charge in [-0.05, 0) is 38.5 Å². The Balaban J connectivity index is 2.78. The first-order valence-electron chi connectivity index (χ1n) is 7.19. The zero-order valence-corrected chi connectivity index (χ0v) is 14.2. The van der Waals surface area contributed by atoms with Gasteiger partial charge in [0.05, 0.1) is 31.4 Å². The second-order valence-corrected chi connectivity index (χ2v) is 6.86. The van der Waals surface area contributed by atoms with Gasteiger partial charge in [-0.25, -0.2) is 4.39 Å². The van der Waals surface area contributed by atoms with Gasteiger partial charge >= 0.3 is 13.6 Å². The first-order valence-corrected chi connectivity index (χ1v) is 8.92. The Labute approximate surface area is 134 Å². The smallest absolute Gasteiger partial charge is 0.331 e. The van der Waals surface area contributed by atoms with Gasteiger partial charge in [-0.1, -0.05) is 0 Å². The summed E-state index contributed by atoms with van der Waals surface area (Å²) in [5.74, 6) is -2.06. The van der Waals surface area contributed by atoms with Crippen molar-refractivity contribution in [2.75, 3.05) is 19.4 Å². The predicted octanol–water partition coefficient (Wildman–Crippen LogP) is 3.51. The molecule has 0 aliphatic carbocycles. The lowest BCUT2D eigenvalue weighted by molar-refractivity contribution is -0.134. The van der Waals surface area contributed by atoms with Gasteiger partial charge in [0.25, 0.3) is 0 Å². The van der Waals surface area contributed by atoms with Crippen molar-refractivity contribution in [3.63, 3.8) is 0 Å². The summed E-state index contributed by atoms with van der Waals surface area (Å²) >= 11 is 0. The van der Waals surface area contributed by atoms with E-state index in [1.54, 1.807) is 20.8 Å². The first kappa shape index (κ1) is 19.5. The summed E-state index contributed by atoms with van der Waals surface area (Å²) in [6.07, 6.45) is -0.0652. The topological polar surface area (TPSA) is 78.9 Å². The minimum Gasteiger partial charge on any atom is -0.423 e. The van der Waals surface area contributed by atoms with Gasteiger partial charge in [0.1, 0.15) is 0 Å². The van der Waals surface area contributed by atoms with E-state index in [9.17, 15) is 18.5 Å². The number of esters is 1. The highest BCUT2D eigenvalue weighted by atomic mass is 31.2. The molecule has 0 aliphatic rings. The standard InChI is InChI=1S/C15H20FO6P/c1-4-20-23(19,21-5-2)7-6-14(18)22-15-12(10-17)8-11(3)9-13(15)16/h8-10H,4-7H2,1-3H3. The minimum atomic E-state index is -3.38. The summed E-state index contributed by atoms with van der Waals surface area (Å²) in [5.41, 5.74) is 0.468. The van der Waals surface area contributed by atoms with E-state index in [1.165, 1.54) is 6.07 Å². The van der Waals surface area contributed by atoms with Crippen LogP contribution in [0.4, 0.5) is 4.39 Å². The van der Waals surface area contributed by atoms with Crippen LogP contribution >= 0.6 is 7.60 Å². The number of carbonyl (C=O) groups is 2. The molecule has 0 saturated carbocycles. The molecule has 0 aliphatic heterocycles. The third-order valence-electron chi connectivity index (χ3n) is 2.80. The molecule has 0 saturated heterocycles. The molecule has 0 unspecified atom stereocenters. The Morgan fingerprint density at radius 3 is 2.39 bits per heavy atom. The summed E-state index contributed by atoms with van der Waals surface area (Å²) < 4.78 is 41.1. The number of benzene rings is 1. The average Bonchev–Trinajstić information content (AvgIpc) is 2.48. The van der Waals surface area contributed by atoms with Gasteiger partial charge in [-0.3, -0.25) is 14.2 Å². The molecule has 0 bridgehead atoms. The van der Waals surface area contributed by atoms with Crippen LogP contribution in [-0.2, 0) is 18.4 Å². The molecule has 8 heteroatoms.